The maximum atomic E-state index is 8.98. The van der Waals surface area contributed by atoms with Gasteiger partial charge in [-0.25, -0.2) is 9.67 Å². The Labute approximate surface area is 101 Å². The molecule has 4 heteroatoms. The van der Waals surface area contributed by atoms with Crippen LogP contribution in [0.1, 0.15) is 30.8 Å². The first-order valence-electron chi connectivity index (χ1n) is 5.92. The summed E-state index contributed by atoms with van der Waals surface area (Å²) in [4.78, 5) is 4.32. The highest BCUT2D eigenvalue weighted by molar-refractivity contribution is 5.28. The lowest BCUT2D eigenvalue weighted by molar-refractivity contribution is 0.281. The van der Waals surface area contributed by atoms with Crippen LogP contribution in [-0.2, 0) is 19.4 Å². The molecule has 2 heterocycles. The molecule has 90 valence electrons. The van der Waals surface area contributed by atoms with Crippen molar-refractivity contribution in [3.8, 4) is 5.82 Å². The van der Waals surface area contributed by atoms with Crippen LogP contribution in [0.25, 0.3) is 5.82 Å². The average Bonchev–Trinajstić information content (AvgIpc) is 2.82. The highest BCUT2D eigenvalue weighted by Gasteiger charge is 2.07. The molecule has 0 atom stereocenters. The van der Waals surface area contributed by atoms with Crippen LogP contribution < -0.4 is 0 Å². The number of aliphatic hydroxyl groups excluding tert-OH is 1. The van der Waals surface area contributed by atoms with E-state index in [0.29, 0.717) is 0 Å². The summed E-state index contributed by atoms with van der Waals surface area (Å²) in [6.45, 7) is 4.22. The maximum Gasteiger partial charge on any atom is 0.153 e. The Kier molecular flexibility index (Phi) is 3.54. The molecule has 0 aromatic carbocycles. The lowest BCUT2D eigenvalue weighted by Crippen LogP contribution is -2.04. The van der Waals surface area contributed by atoms with E-state index in [9.17, 15) is 0 Å². The summed E-state index contributed by atoms with van der Waals surface area (Å²) in [5, 5.41) is 13.5. The van der Waals surface area contributed by atoms with Gasteiger partial charge in [-0.1, -0.05) is 19.9 Å². The quantitative estimate of drug-likeness (QED) is 0.874. The zero-order valence-electron chi connectivity index (χ0n) is 10.2. The molecule has 0 saturated carbocycles. The monoisotopic (exact) mass is 231 g/mol. The van der Waals surface area contributed by atoms with Gasteiger partial charge in [0.15, 0.2) is 5.82 Å². The molecule has 4 nitrogen and oxygen atoms in total. The molecule has 0 aliphatic heterocycles. The van der Waals surface area contributed by atoms with Crippen molar-refractivity contribution in [2.45, 2.75) is 33.3 Å². The van der Waals surface area contributed by atoms with E-state index in [1.165, 1.54) is 0 Å². The smallest absolute Gasteiger partial charge is 0.153 e. The van der Waals surface area contributed by atoms with Crippen molar-refractivity contribution in [3.05, 3.63) is 41.3 Å². The van der Waals surface area contributed by atoms with Crippen molar-refractivity contribution in [2.24, 2.45) is 0 Å². The SMILES string of the molecule is CCc1cc(CC)n(-c2ccc(CO)cn2)n1. The van der Waals surface area contributed by atoms with Crippen molar-refractivity contribution >= 4 is 0 Å². The van der Waals surface area contributed by atoms with Gasteiger partial charge in [0.2, 0.25) is 0 Å². The van der Waals surface area contributed by atoms with Crippen LogP contribution in [0, 0.1) is 0 Å². The summed E-state index contributed by atoms with van der Waals surface area (Å²) in [6, 6.07) is 5.87. The highest BCUT2D eigenvalue weighted by atomic mass is 16.3. The summed E-state index contributed by atoms with van der Waals surface area (Å²) in [6.07, 6.45) is 3.53. The average molecular weight is 231 g/mol. The molecule has 0 radical (unpaired) electrons. The molecule has 0 saturated heterocycles. The number of aliphatic hydroxyl groups is 1. The van der Waals surface area contributed by atoms with E-state index in [4.69, 9.17) is 5.11 Å². The molecular formula is C13H17N3O. The Hall–Kier alpha value is -1.68. The van der Waals surface area contributed by atoms with Gasteiger partial charge >= 0.3 is 0 Å². The van der Waals surface area contributed by atoms with Gasteiger partial charge in [-0.2, -0.15) is 5.10 Å². The van der Waals surface area contributed by atoms with Gasteiger partial charge in [0.25, 0.3) is 0 Å². The first-order chi connectivity index (χ1) is 8.28. The molecule has 0 bridgehead atoms. The minimum atomic E-state index is 0.0211. The van der Waals surface area contributed by atoms with Gasteiger partial charge in [0, 0.05) is 11.9 Å². The largest absolute Gasteiger partial charge is 0.392 e. The molecule has 2 aromatic rings. The molecular weight excluding hydrogens is 214 g/mol. The zero-order chi connectivity index (χ0) is 12.3. The van der Waals surface area contributed by atoms with E-state index < -0.39 is 0 Å². The molecule has 0 unspecified atom stereocenters. The summed E-state index contributed by atoms with van der Waals surface area (Å²) >= 11 is 0. The molecule has 0 amide bonds. The zero-order valence-corrected chi connectivity index (χ0v) is 10.2. The Balaban J connectivity index is 2.40. The van der Waals surface area contributed by atoms with E-state index in [1.54, 1.807) is 6.20 Å². The van der Waals surface area contributed by atoms with Crippen LogP contribution in [0.2, 0.25) is 0 Å². The van der Waals surface area contributed by atoms with E-state index in [2.05, 4.69) is 30.0 Å². The number of pyridine rings is 1. The van der Waals surface area contributed by atoms with Gasteiger partial charge in [0.05, 0.1) is 12.3 Å². The first kappa shape index (κ1) is 11.8. The molecule has 0 aliphatic rings. The second-order valence-corrected chi connectivity index (χ2v) is 3.93. The predicted octanol–water partition coefficient (Wildman–Crippen LogP) is 1.88. The van der Waals surface area contributed by atoms with Crippen molar-refractivity contribution < 1.29 is 5.11 Å². The van der Waals surface area contributed by atoms with Gasteiger partial charge in [-0.05, 0) is 30.5 Å². The molecule has 1 N–H and O–H groups in total. The number of aromatic nitrogens is 3. The summed E-state index contributed by atoms with van der Waals surface area (Å²) in [5.74, 6) is 0.804. The number of hydrogen-bond donors (Lipinski definition) is 1. The first-order valence-corrected chi connectivity index (χ1v) is 5.92. The van der Waals surface area contributed by atoms with Crippen molar-refractivity contribution in [3.63, 3.8) is 0 Å². The lowest BCUT2D eigenvalue weighted by atomic mass is 10.2. The van der Waals surface area contributed by atoms with E-state index in [0.717, 1.165) is 35.6 Å². The molecule has 2 rings (SSSR count). The number of hydrogen-bond acceptors (Lipinski definition) is 3. The predicted molar refractivity (Wildman–Crippen MR) is 66.0 cm³/mol. The Morgan fingerprint density at radius 1 is 1.24 bits per heavy atom. The highest BCUT2D eigenvalue weighted by Crippen LogP contribution is 2.12. The van der Waals surface area contributed by atoms with Crippen molar-refractivity contribution in [1.82, 2.24) is 14.8 Å². The van der Waals surface area contributed by atoms with Crippen LogP contribution in [0.5, 0.6) is 0 Å². The van der Waals surface area contributed by atoms with Gasteiger partial charge in [-0.15, -0.1) is 0 Å². The van der Waals surface area contributed by atoms with Crippen LogP contribution >= 0.6 is 0 Å². The van der Waals surface area contributed by atoms with Crippen molar-refractivity contribution in [1.29, 1.82) is 0 Å². The third-order valence-corrected chi connectivity index (χ3v) is 2.77. The van der Waals surface area contributed by atoms with E-state index in [1.807, 2.05) is 16.8 Å². The second kappa shape index (κ2) is 5.10. The lowest BCUT2D eigenvalue weighted by Gasteiger charge is -2.05. The second-order valence-electron chi connectivity index (χ2n) is 3.93. The van der Waals surface area contributed by atoms with E-state index in [-0.39, 0.29) is 6.61 Å². The van der Waals surface area contributed by atoms with Crippen LogP contribution in [-0.4, -0.2) is 19.9 Å². The van der Waals surface area contributed by atoms with Crippen LogP contribution in [0.3, 0.4) is 0 Å². The van der Waals surface area contributed by atoms with Crippen LogP contribution in [0.4, 0.5) is 0 Å². The number of aryl methyl sites for hydroxylation is 2. The Bertz CT molecular complexity index is 488. The third-order valence-electron chi connectivity index (χ3n) is 2.77. The normalized spacial score (nSPS) is 10.8. The topological polar surface area (TPSA) is 50.9 Å². The van der Waals surface area contributed by atoms with Crippen LogP contribution in [0.15, 0.2) is 24.4 Å². The molecule has 2 aromatic heterocycles. The fourth-order valence-corrected chi connectivity index (χ4v) is 1.73. The Morgan fingerprint density at radius 2 is 2.06 bits per heavy atom. The fourth-order valence-electron chi connectivity index (χ4n) is 1.73. The van der Waals surface area contributed by atoms with Crippen molar-refractivity contribution in [2.75, 3.05) is 0 Å². The summed E-state index contributed by atoms with van der Waals surface area (Å²) in [7, 11) is 0. The summed E-state index contributed by atoms with van der Waals surface area (Å²) in [5.41, 5.74) is 3.05. The standard InChI is InChI=1S/C13H17N3O/c1-3-11-7-12(4-2)16(15-11)13-6-5-10(9-17)8-14-13/h5-8,17H,3-4,9H2,1-2H3. The number of rotatable bonds is 4. The molecule has 17 heavy (non-hydrogen) atoms. The van der Waals surface area contributed by atoms with Gasteiger partial charge in [-0.3, -0.25) is 0 Å². The van der Waals surface area contributed by atoms with E-state index >= 15 is 0 Å². The van der Waals surface area contributed by atoms with Gasteiger partial charge in [0.1, 0.15) is 0 Å². The van der Waals surface area contributed by atoms with Gasteiger partial charge < -0.3 is 5.11 Å². The maximum absolute atomic E-state index is 8.98. The Morgan fingerprint density at radius 3 is 2.59 bits per heavy atom. The summed E-state index contributed by atoms with van der Waals surface area (Å²) < 4.78 is 1.87. The number of nitrogens with zero attached hydrogens (tertiary/aromatic N) is 3. The molecule has 0 fully saturated rings. The fraction of sp³-hybridized carbons (Fsp3) is 0.385. The molecule has 0 spiro atoms. The minimum Gasteiger partial charge on any atom is -0.392 e. The third kappa shape index (κ3) is 2.36. The molecule has 0 aliphatic carbocycles. The minimum absolute atomic E-state index is 0.0211.